The van der Waals surface area contributed by atoms with E-state index < -0.39 is 0 Å². The Morgan fingerprint density at radius 1 is 1.11 bits per heavy atom. The van der Waals surface area contributed by atoms with Gasteiger partial charge < -0.3 is 9.64 Å². The number of hydrogen-bond donors (Lipinski definition) is 1. The maximum absolute atomic E-state index is 12.5. The van der Waals surface area contributed by atoms with Crippen LogP contribution in [0.1, 0.15) is 22.8 Å². The number of carbonyl (C=O) groups is 1. The van der Waals surface area contributed by atoms with Gasteiger partial charge in [0.25, 0.3) is 5.91 Å². The monoisotopic (exact) mass is 379 g/mol. The van der Waals surface area contributed by atoms with Gasteiger partial charge in [-0.15, -0.1) is 11.3 Å². The molecule has 0 bridgehead atoms. The highest BCUT2D eigenvalue weighted by atomic mass is 32.1. The van der Waals surface area contributed by atoms with Crippen LogP contribution in [-0.2, 0) is 4.74 Å². The summed E-state index contributed by atoms with van der Waals surface area (Å²) in [4.78, 5) is 14.8. The van der Waals surface area contributed by atoms with Crippen molar-refractivity contribution in [3.63, 3.8) is 0 Å². The molecule has 0 spiro atoms. The second-order valence-electron chi connectivity index (χ2n) is 6.43. The second-order valence-corrected chi connectivity index (χ2v) is 7.34. The number of anilines is 1. The van der Waals surface area contributed by atoms with Gasteiger partial charge in [0.1, 0.15) is 0 Å². The van der Waals surface area contributed by atoms with E-state index in [0.717, 1.165) is 47.7 Å². The number of amides is 1. The molecule has 1 aliphatic heterocycles. The van der Waals surface area contributed by atoms with E-state index in [1.54, 1.807) is 11.3 Å². The van der Waals surface area contributed by atoms with E-state index in [1.165, 1.54) is 5.69 Å². The van der Waals surface area contributed by atoms with Crippen LogP contribution in [-0.4, -0.2) is 37.9 Å². The van der Waals surface area contributed by atoms with Crippen LogP contribution in [0, 0.1) is 0 Å². The second kappa shape index (κ2) is 7.90. The zero-order chi connectivity index (χ0) is 18.6. The summed E-state index contributed by atoms with van der Waals surface area (Å²) < 4.78 is 6.49. The molecule has 0 unspecified atom stereocenters. The van der Waals surface area contributed by atoms with Crippen molar-refractivity contribution < 1.29 is 9.53 Å². The smallest absolute Gasteiger partial charge is 0.272 e. The lowest BCUT2D eigenvalue weighted by Crippen LogP contribution is -2.36. The highest BCUT2D eigenvalue weighted by Crippen LogP contribution is 2.25. The minimum Gasteiger partial charge on any atom is -0.378 e. The van der Waals surface area contributed by atoms with Crippen molar-refractivity contribution in [1.29, 1.82) is 0 Å². The molecule has 1 fully saturated rings. The quantitative estimate of drug-likeness (QED) is 0.553. The fraction of sp³-hybridized carbons (Fsp3) is 0.238. The molecule has 1 aliphatic rings. The Labute approximate surface area is 162 Å². The van der Waals surface area contributed by atoms with Gasteiger partial charge in [-0.3, -0.25) is 4.79 Å². The molecule has 1 amide bonds. The molecule has 2 aromatic carbocycles. The summed E-state index contributed by atoms with van der Waals surface area (Å²) in [6, 6.07) is 16.1. The first-order chi connectivity index (χ1) is 13.2. The molecule has 0 aliphatic carbocycles. The summed E-state index contributed by atoms with van der Waals surface area (Å²) in [5, 5.41) is 7.13. The number of ether oxygens (including phenoxy) is 1. The van der Waals surface area contributed by atoms with E-state index in [0.29, 0.717) is 5.56 Å². The van der Waals surface area contributed by atoms with Gasteiger partial charge in [-0.2, -0.15) is 5.10 Å². The number of nitrogens with zero attached hydrogens (tertiary/aromatic N) is 2. The van der Waals surface area contributed by atoms with Crippen molar-refractivity contribution in [3.8, 4) is 0 Å². The Balaban J connectivity index is 1.45. The third-order valence-electron chi connectivity index (χ3n) is 4.71. The average molecular weight is 379 g/mol. The van der Waals surface area contributed by atoms with E-state index in [-0.39, 0.29) is 5.91 Å². The zero-order valence-electron chi connectivity index (χ0n) is 15.1. The Kier molecular flexibility index (Phi) is 5.18. The van der Waals surface area contributed by atoms with Crippen molar-refractivity contribution in [1.82, 2.24) is 5.43 Å². The summed E-state index contributed by atoms with van der Waals surface area (Å²) in [5.41, 5.74) is 6.29. The normalized spacial score (nSPS) is 15.1. The Hall–Kier alpha value is -2.70. The molecule has 138 valence electrons. The minimum absolute atomic E-state index is 0.184. The van der Waals surface area contributed by atoms with E-state index >= 15 is 0 Å². The summed E-state index contributed by atoms with van der Waals surface area (Å²) in [6.45, 7) is 5.26. The third-order valence-corrected chi connectivity index (χ3v) is 5.68. The number of rotatable bonds is 4. The van der Waals surface area contributed by atoms with Crippen molar-refractivity contribution in [2.45, 2.75) is 6.92 Å². The van der Waals surface area contributed by atoms with Gasteiger partial charge in [0.05, 0.1) is 24.5 Å². The number of nitrogens with one attached hydrogen (secondary N) is 1. The average Bonchev–Trinajstić information content (AvgIpc) is 3.17. The van der Waals surface area contributed by atoms with Gasteiger partial charge in [0.2, 0.25) is 0 Å². The first-order valence-corrected chi connectivity index (χ1v) is 9.84. The molecule has 0 atom stereocenters. The van der Waals surface area contributed by atoms with Crippen LogP contribution < -0.4 is 10.3 Å². The molecule has 1 aromatic heterocycles. The lowest BCUT2D eigenvalue weighted by Gasteiger charge is -2.28. The molecule has 6 heteroatoms. The number of benzene rings is 2. The molecular formula is C21H21N3O2S. The minimum atomic E-state index is -0.184. The van der Waals surface area contributed by atoms with Gasteiger partial charge in [-0.25, -0.2) is 5.43 Å². The zero-order valence-corrected chi connectivity index (χ0v) is 16.0. The fourth-order valence-electron chi connectivity index (χ4n) is 3.15. The van der Waals surface area contributed by atoms with Crippen LogP contribution in [0.15, 0.2) is 59.0 Å². The number of morpholine rings is 1. The lowest BCUT2D eigenvalue weighted by molar-refractivity contribution is 0.0957. The Morgan fingerprint density at radius 3 is 2.63 bits per heavy atom. The van der Waals surface area contributed by atoms with Gasteiger partial charge in [-0.1, -0.05) is 30.3 Å². The predicted molar refractivity (Wildman–Crippen MR) is 111 cm³/mol. The summed E-state index contributed by atoms with van der Waals surface area (Å²) >= 11 is 1.57. The molecule has 0 radical (unpaired) electrons. The molecule has 1 saturated heterocycles. The first kappa shape index (κ1) is 17.7. The number of thiophene rings is 1. The van der Waals surface area contributed by atoms with Gasteiger partial charge >= 0.3 is 0 Å². The molecule has 5 nitrogen and oxygen atoms in total. The SMILES string of the molecule is C/C(=N/NC(=O)c1csc2ccccc12)c1ccc(N2CCOCC2)cc1. The number of fused-ring (bicyclic) bond motifs is 1. The van der Waals surface area contributed by atoms with Crippen LogP contribution in [0.25, 0.3) is 10.1 Å². The Morgan fingerprint density at radius 2 is 1.85 bits per heavy atom. The van der Waals surface area contributed by atoms with Crippen LogP contribution in [0.3, 0.4) is 0 Å². The fourth-order valence-corrected chi connectivity index (χ4v) is 4.09. The molecule has 2 heterocycles. The number of hydrazone groups is 1. The largest absolute Gasteiger partial charge is 0.378 e. The maximum atomic E-state index is 12.5. The van der Waals surface area contributed by atoms with Crippen molar-refractivity contribution in [2.75, 3.05) is 31.2 Å². The van der Waals surface area contributed by atoms with Crippen molar-refractivity contribution in [2.24, 2.45) is 5.10 Å². The topological polar surface area (TPSA) is 53.9 Å². The molecule has 0 saturated carbocycles. The van der Waals surface area contributed by atoms with Crippen LogP contribution in [0.2, 0.25) is 0 Å². The summed E-state index contributed by atoms with van der Waals surface area (Å²) in [7, 11) is 0. The molecule has 3 aromatic rings. The summed E-state index contributed by atoms with van der Waals surface area (Å²) in [5.74, 6) is -0.184. The maximum Gasteiger partial charge on any atom is 0.272 e. The lowest BCUT2D eigenvalue weighted by atomic mass is 10.1. The van der Waals surface area contributed by atoms with Crippen molar-refractivity contribution in [3.05, 3.63) is 65.0 Å². The van der Waals surface area contributed by atoms with Gasteiger partial charge in [0, 0.05) is 34.2 Å². The third kappa shape index (κ3) is 3.86. The highest BCUT2D eigenvalue weighted by molar-refractivity contribution is 7.17. The number of hydrogen-bond acceptors (Lipinski definition) is 5. The summed E-state index contributed by atoms with van der Waals surface area (Å²) in [6.07, 6.45) is 0. The van der Waals surface area contributed by atoms with Crippen molar-refractivity contribution >= 4 is 38.7 Å². The molecule has 1 N–H and O–H groups in total. The van der Waals surface area contributed by atoms with Crippen LogP contribution >= 0.6 is 11.3 Å². The predicted octanol–water partition coefficient (Wildman–Crippen LogP) is 3.89. The molecule has 27 heavy (non-hydrogen) atoms. The van der Waals surface area contributed by atoms with E-state index in [1.807, 2.05) is 48.7 Å². The van der Waals surface area contributed by atoms with E-state index in [4.69, 9.17) is 4.74 Å². The molecular weight excluding hydrogens is 358 g/mol. The van der Waals surface area contributed by atoms with Crippen LogP contribution in [0.4, 0.5) is 5.69 Å². The van der Waals surface area contributed by atoms with Crippen LogP contribution in [0.5, 0.6) is 0 Å². The van der Waals surface area contributed by atoms with Gasteiger partial charge in [-0.05, 0) is 30.7 Å². The highest BCUT2D eigenvalue weighted by Gasteiger charge is 2.13. The van der Waals surface area contributed by atoms with E-state index in [9.17, 15) is 4.79 Å². The van der Waals surface area contributed by atoms with Gasteiger partial charge in [0.15, 0.2) is 0 Å². The Bertz CT molecular complexity index is 973. The van der Waals surface area contributed by atoms with E-state index in [2.05, 4.69) is 27.6 Å². The standard InChI is InChI=1S/C21H21N3O2S/c1-15(16-6-8-17(9-7-16)24-10-12-26-13-11-24)22-23-21(25)19-14-27-20-5-3-2-4-18(19)20/h2-9,14H,10-13H2,1H3,(H,23,25)/b22-15-. The molecule has 4 rings (SSSR count). The first-order valence-electron chi connectivity index (χ1n) is 8.96. The number of carbonyl (C=O) groups excluding carboxylic acids is 1.